The fourth-order valence-electron chi connectivity index (χ4n) is 20.1. The van der Waals surface area contributed by atoms with Gasteiger partial charge in [-0.05, 0) is 175 Å². The van der Waals surface area contributed by atoms with E-state index >= 15 is 0 Å². The normalized spacial score (nSPS) is 46.0. The van der Waals surface area contributed by atoms with Crippen LogP contribution in [0.3, 0.4) is 0 Å². The second-order valence-electron chi connectivity index (χ2n) is 27.4. The maximum Gasteiger partial charge on any atom is 1.00 e. The largest absolute Gasteiger partial charge is 1.00 e. The van der Waals surface area contributed by atoms with E-state index in [2.05, 4.69) is 60.6 Å². The van der Waals surface area contributed by atoms with Gasteiger partial charge in [0, 0.05) is 35.0 Å². The van der Waals surface area contributed by atoms with Gasteiger partial charge in [-0.25, -0.2) is 25.3 Å². The molecule has 4 saturated heterocycles. The van der Waals surface area contributed by atoms with Crippen molar-refractivity contribution in [2.24, 2.45) is 74.9 Å². The zero-order chi connectivity index (χ0) is 54.2. The molecule has 0 aromatic rings. The molecule has 8 aliphatic carbocycles. The summed E-state index contributed by atoms with van der Waals surface area (Å²) in [6.07, 6.45) is 12.7. The number of fused-ring (bicyclic) bond motifs is 10. The summed E-state index contributed by atoms with van der Waals surface area (Å²) in [5, 5.41) is 11.5. The monoisotopic (exact) mass is 1170 g/mol. The van der Waals surface area contributed by atoms with E-state index in [0.717, 1.165) is 81.8 Å². The van der Waals surface area contributed by atoms with Crippen molar-refractivity contribution >= 4 is 31.2 Å². The Bertz CT molecular complexity index is 2850. The van der Waals surface area contributed by atoms with Gasteiger partial charge in [0.25, 0.3) is 0 Å². The summed E-state index contributed by atoms with van der Waals surface area (Å²) in [6, 6.07) is 0. The smallest absolute Gasteiger partial charge is 0.726 e. The van der Waals surface area contributed by atoms with Gasteiger partial charge in [-0.1, -0.05) is 82.9 Å². The van der Waals surface area contributed by atoms with Gasteiger partial charge < -0.3 is 33.0 Å². The molecule has 0 aromatic carbocycles. The molecular weight excluding hydrogens is 1090 g/mol. The second-order valence-corrected chi connectivity index (χ2v) is 30.4. The molecule has 12 rings (SSSR count). The van der Waals surface area contributed by atoms with Crippen LogP contribution in [-0.2, 0) is 58.0 Å². The predicted octanol–water partition coefficient (Wildman–Crippen LogP) is 0.0154. The molecule has 0 radical (unpaired) electrons. The van der Waals surface area contributed by atoms with Crippen LogP contribution in [0.2, 0.25) is 0 Å². The minimum absolute atomic E-state index is 0. The summed E-state index contributed by atoms with van der Waals surface area (Å²) in [4.78, 5) is 0. The van der Waals surface area contributed by atoms with Crippen LogP contribution in [0.15, 0.2) is 45.6 Å². The van der Waals surface area contributed by atoms with Crippen LogP contribution in [0.1, 0.15) is 172 Å². The summed E-state index contributed by atoms with van der Waals surface area (Å²) < 4.78 is 145. The van der Waals surface area contributed by atoms with Gasteiger partial charge in [-0.15, -0.1) is 0 Å². The summed E-state index contributed by atoms with van der Waals surface area (Å²) in [5.41, 5.74) is 4.98. The Labute approximate surface area is 531 Å². The van der Waals surface area contributed by atoms with E-state index in [9.17, 15) is 44.0 Å². The van der Waals surface area contributed by atoms with E-state index < -0.39 is 77.6 Å². The van der Waals surface area contributed by atoms with E-state index in [-0.39, 0.29) is 147 Å². The maximum atomic E-state index is 12.3. The Morgan fingerprint density at radius 2 is 1.45 bits per heavy atom. The van der Waals surface area contributed by atoms with Crippen molar-refractivity contribution < 1.29 is 159 Å². The van der Waals surface area contributed by atoms with Crippen LogP contribution in [0.5, 0.6) is 0 Å². The molecule has 0 amide bonds. The zero-order valence-electron chi connectivity index (χ0n) is 48.6. The van der Waals surface area contributed by atoms with Gasteiger partial charge in [0.1, 0.15) is 12.2 Å². The average Bonchev–Trinajstić information content (AvgIpc) is 3.87. The van der Waals surface area contributed by atoms with Gasteiger partial charge in [0.05, 0.1) is 36.1 Å². The minimum Gasteiger partial charge on any atom is -0.726 e. The Hall–Kier alpha value is 1.41. The van der Waals surface area contributed by atoms with Crippen LogP contribution in [0.4, 0.5) is 0 Å². The van der Waals surface area contributed by atoms with Crippen molar-refractivity contribution in [1.82, 2.24) is 0 Å². The van der Waals surface area contributed by atoms with Crippen LogP contribution >= 0.6 is 0 Å². The molecule has 12 aliphatic rings. The van der Waals surface area contributed by atoms with Gasteiger partial charge in [0.2, 0.25) is 31.2 Å². The molecule has 1 spiro atoms. The molecule has 1 N–H and O–H groups in total. The first kappa shape index (κ1) is 65.4. The average molecular weight is 1180 g/mol. The standard InChI is InChI=1S/C56H84O16S3.3Na/c1-30(37-14-16-40-35-12-13-39-32(3)49(71-75(64,65)66)46(70-74(61,62)63)28-53(39,9)42(35)19-21-51(37,40)7)11-18-47-54(10)27-34(50(5,6)72-54)25-44(68-47)31(2)38-15-17-41-36-26-45(69-73(58,59)60)48-33(4)56(57)24-23-55(48,29-67-56)43(36)20-22-52(38,41)8;;;/h13,16,30-34,37-38,41,44-49,57H,11-12,14-15,17-29H2,1-10H3,(H,58,59,60)(H,61,62,63)(H,64,65,66);;;/q;3*+1/p-3/t30-,31+,32-,33+,34+,37-,38-,41+,44+,45+,46+,47-,48-,49-,51-,52-,53+,54+,55+,56+;;;/m1.../s1. The first-order valence-electron chi connectivity index (χ1n) is 28.2. The van der Waals surface area contributed by atoms with Crippen molar-refractivity contribution in [3.8, 4) is 0 Å². The number of hydrogen-bond donors (Lipinski definition) is 1. The van der Waals surface area contributed by atoms with Gasteiger partial charge in [0.15, 0.2) is 5.79 Å². The molecule has 0 aromatic heterocycles. The van der Waals surface area contributed by atoms with E-state index in [1.807, 2.05) is 13.8 Å². The third-order valence-electron chi connectivity index (χ3n) is 23.5. The molecule has 20 atom stereocenters. The SMILES string of the molecule is C[C@H]([C@@H]1C[C@H]2C[C@](C)(OC2(C)C)[C@@H](CC[C@@H](C)[C@H]2CC=C3C4=C(CC[C@@]32C)[C@@]2(C)C[C@H](OS(=O)(=O)[O-])[C@H](OS(=O)(=O)[O-])[C@H](C)C2=CC4)O1)[C@H]1CC[C@H]2C3=C(CC[C@]12C)[C@]12CC[C@](O)(OC1)[C@@H](C)[C@@H]2[C@@H](OS(=O)(=O)[O-])C3.[Na+].[Na+].[Na+]. The van der Waals surface area contributed by atoms with Gasteiger partial charge in [-0.2, -0.15) is 0 Å². The summed E-state index contributed by atoms with van der Waals surface area (Å²) in [7, 11) is -15.5. The van der Waals surface area contributed by atoms with Crippen molar-refractivity contribution in [3.63, 3.8) is 0 Å². The number of ether oxygens (including phenoxy) is 3. The first-order chi connectivity index (χ1) is 34.7. The molecule has 78 heavy (non-hydrogen) atoms. The van der Waals surface area contributed by atoms with Crippen LogP contribution in [0.25, 0.3) is 0 Å². The number of allylic oxidation sites excluding steroid dienone is 5. The van der Waals surface area contributed by atoms with Gasteiger partial charge >= 0.3 is 88.7 Å². The fourth-order valence-corrected chi connectivity index (χ4v) is 21.6. The molecule has 4 aliphatic heterocycles. The molecule has 422 valence electrons. The Morgan fingerprint density at radius 3 is 2.09 bits per heavy atom. The van der Waals surface area contributed by atoms with E-state index in [1.165, 1.54) is 22.3 Å². The maximum absolute atomic E-state index is 12.3. The van der Waals surface area contributed by atoms with Crippen molar-refractivity contribution in [2.75, 3.05) is 6.61 Å². The molecular formula is C56H81Na3O16S3. The Morgan fingerprint density at radius 1 is 0.795 bits per heavy atom. The quantitative estimate of drug-likeness (QED) is 0.117. The zero-order valence-corrected chi connectivity index (χ0v) is 57.0. The number of rotatable bonds is 12. The molecule has 4 bridgehead atoms. The molecule has 4 heterocycles. The first-order valence-corrected chi connectivity index (χ1v) is 32.2. The van der Waals surface area contributed by atoms with E-state index in [1.54, 1.807) is 6.92 Å². The predicted molar refractivity (Wildman–Crippen MR) is 272 cm³/mol. The molecule has 7 fully saturated rings. The Balaban J connectivity index is 0.00000268. The summed E-state index contributed by atoms with van der Waals surface area (Å²) >= 11 is 0. The summed E-state index contributed by atoms with van der Waals surface area (Å²) in [5.74, 6) is -0.971. The molecule has 22 heteroatoms. The van der Waals surface area contributed by atoms with Crippen LogP contribution < -0.4 is 88.7 Å². The van der Waals surface area contributed by atoms with Crippen molar-refractivity contribution in [3.05, 3.63) is 45.6 Å². The fraction of sp³-hybridized carbons (Fsp3) is 0.857. The molecule has 3 saturated carbocycles. The molecule has 0 unspecified atom stereocenters. The summed E-state index contributed by atoms with van der Waals surface area (Å²) in [6.45, 7) is 22.3. The third-order valence-corrected chi connectivity index (χ3v) is 24.9. The van der Waals surface area contributed by atoms with Crippen LogP contribution in [-0.4, -0.2) is 98.1 Å². The van der Waals surface area contributed by atoms with Crippen molar-refractivity contribution in [1.29, 1.82) is 0 Å². The van der Waals surface area contributed by atoms with E-state index in [4.69, 9.17) is 26.8 Å². The number of hydrogen-bond acceptors (Lipinski definition) is 16. The second kappa shape index (κ2) is 21.9. The molecule has 16 nitrogen and oxygen atoms in total. The minimum atomic E-state index is -5.26. The van der Waals surface area contributed by atoms with Crippen LogP contribution in [0, 0.1) is 74.9 Å². The third kappa shape index (κ3) is 10.8. The topological polar surface area (TPSA) is 247 Å². The number of aliphatic hydroxyl groups is 1. The van der Waals surface area contributed by atoms with Gasteiger partial charge in [-0.3, -0.25) is 12.5 Å². The van der Waals surface area contributed by atoms with Crippen molar-refractivity contribution in [2.45, 2.75) is 219 Å². The Kier molecular flexibility index (Phi) is 18.4. The van der Waals surface area contributed by atoms with E-state index in [0.29, 0.717) is 56.0 Å².